The van der Waals surface area contributed by atoms with Crippen molar-refractivity contribution in [2.45, 2.75) is 50.6 Å². The van der Waals surface area contributed by atoms with Crippen LogP contribution in [0.15, 0.2) is 18.3 Å². The predicted octanol–water partition coefficient (Wildman–Crippen LogP) is 2.77. The number of rotatable bonds is 2. The summed E-state index contributed by atoms with van der Waals surface area (Å²) in [7, 11) is 0. The SMILES string of the molecule is O=C(c1cccn1C1CC1)N1C[C@@H]2C[C@H](C1)[C@@H]1CCCCN1C2. The number of fused-ring (bicyclic) bond motifs is 4. The Kier molecular flexibility index (Phi) is 3.29. The van der Waals surface area contributed by atoms with Crippen LogP contribution in [0.5, 0.6) is 0 Å². The summed E-state index contributed by atoms with van der Waals surface area (Å²) in [4.78, 5) is 18.0. The van der Waals surface area contributed by atoms with Crippen molar-refractivity contribution < 1.29 is 4.79 Å². The van der Waals surface area contributed by atoms with Gasteiger partial charge in [0.25, 0.3) is 5.91 Å². The number of piperidine rings is 3. The predicted molar refractivity (Wildman–Crippen MR) is 89.4 cm³/mol. The summed E-state index contributed by atoms with van der Waals surface area (Å²) in [6, 6.07) is 5.39. The molecule has 1 amide bonds. The second-order valence-electron chi connectivity index (χ2n) is 8.16. The molecule has 3 saturated heterocycles. The van der Waals surface area contributed by atoms with Crippen molar-refractivity contribution in [3.63, 3.8) is 0 Å². The summed E-state index contributed by atoms with van der Waals surface area (Å²) in [5, 5.41) is 0. The average Bonchev–Trinajstić information content (AvgIpc) is 3.31. The maximum atomic E-state index is 13.1. The van der Waals surface area contributed by atoms with Crippen molar-refractivity contribution in [1.82, 2.24) is 14.4 Å². The third-order valence-electron chi connectivity index (χ3n) is 6.50. The van der Waals surface area contributed by atoms with Gasteiger partial charge in [0.05, 0.1) is 0 Å². The Morgan fingerprint density at radius 2 is 2.00 bits per heavy atom. The standard InChI is InChI=1S/C19H27N3O/c23-19(18-5-3-9-22(18)16-6-7-16)21-12-14-10-15(13-21)17-4-1-2-8-20(17)11-14/h3,5,9,14-17H,1-2,4,6-8,10-13H2/t14-,15-,17+/m1/s1. The molecule has 0 aromatic carbocycles. The first-order valence-corrected chi connectivity index (χ1v) is 9.50. The molecule has 1 saturated carbocycles. The van der Waals surface area contributed by atoms with Crippen LogP contribution < -0.4 is 0 Å². The summed E-state index contributed by atoms with van der Waals surface area (Å²) in [5.74, 6) is 1.67. The topological polar surface area (TPSA) is 28.5 Å². The van der Waals surface area contributed by atoms with Crippen molar-refractivity contribution in [3.8, 4) is 0 Å². The zero-order valence-corrected chi connectivity index (χ0v) is 13.9. The number of hydrogen-bond acceptors (Lipinski definition) is 2. The summed E-state index contributed by atoms with van der Waals surface area (Å²) in [6.45, 7) is 4.45. The maximum absolute atomic E-state index is 13.1. The van der Waals surface area contributed by atoms with Crippen molar-refractivity contribution >= 4 is 5.91 Å². The lowest BCUT2D eigenvalue weighted by Crippen LogP contribution is -2.59. The van der Waals surface area contributed by atoms with Crippen LogP contribution in [0.1, 0.15) is 55.1 Å². The van der Waals surface area contributed by atoms with Gasteiger partial charge < -0.3 is 9.47 Å². The lowest BCUT2D eigenvalue weighted by molar-refractivity contribution is -0.0245. The van der Waals surface area contributed by atoms with E-state index in [2.05, 4.69) is 20.6 Å². The normalized spacial score (nSPS) is 34.3. The molecule has 5 rings (SSSR count). The van der Waals surface area contributed by atoms with E-state index in [1.165, 1.54) is 51.6 Å². The molecule has 0 unspecified atom stereocenters. The van der Waals surface area contributed by atoms with Crippen LogP contribution in [-0.4, -0.2) is 52.5 Å². The van der Waals surface area contributed by atoms with Gasteiger partial charge in [-0.1, -0.05) is 6.42 Å². The molecule has 124 valence electrons. The molecule has 4 aliphatic rings. The molecule has 4 heteroatoms. The molecule has 0 radical (unpaired) electrons. The Bertz CT molecular complexity index is 606. The minimum Gasteiger partial charge on any atom is -0.340 e. The smallest absolute Gasteiger partial charge is 0.270 e. The van der Waals surface area contributed by atoms with Crippen molar-refractivity contribution in [3.05, 3.63) is 24.0 Å². The highest BCUT2D eigenvalue weighted by atomic mass is 16.2. The third-order valence-corrected chi connectivity index (χ3v) is 6.50. The molecule has 4 nitrogen and oxygen atoms in total. The van der Waals surface area contributed by atoms with E-state index < -0.39 is 0 Å². The van der Waals surface area contributed by atoms with E-state index in [1.54, 1.807) is 0 Å². The van der Waals surface area contributed by atoms with E-state index in [9.17, 15) is 4.79 Å². The third kappa shape index (κ3) is 2.42. The zero-order chi connectivity index (χ0) is 15.4. The minimum absolute atomic E-state index is 0.279. The van der Waals surface area contributed by atoms with Gasteiger partial charge in [0, 0.05) is 37.9 Å². The monoisotopic (exact) mass is 313 g/mol. The summed E-state index contributed by atoms with van der Waals surface area (Å²) in [5.41, 5.74) is 0.924. The van der Waals surface area contributed by atoms with Crippen LogP contribution >= 0.6 is 0 Å². The molecule has 3 atom stereocenters. The largest absolute Gasteiger partial charge is 0.340 e. The van der Waals surface area contributed by atoms with Crippen LogP contribution in [0.4, 0.5) is 0 Å². The number of hydrogen-bond donors (Lipinski definition) is 0. The van der Waals surface area contributed by atoms with Crippen LogP contribution in [-0.2, 0) is 0 Å². The van der Waals surface area contributed by atoms with Crippen LogP contribution in [0.3, 0.4) is 0 Å². The highest BCUT2D eigenvalue weighted by Gasteiger charge is 2.43. The number of aromatic nitrogens is 1. The van der Waals surface area contributed by atoms with E-state index >= 15 is 0 Å². The maximum Gasteiger partial charge on any atom is 0.270 e. The molecule has 1 aliphatic carbocycles. The quantitative estimate of drug-likeness (QED) is 0.840. The zero-order valence-electron chi connectivity index (χ0n) is 13.9. The van der Waals surface area contributed by atoms with E-state index in [-0.39, 0.29) is 5.91 Å². The highest BCUT2D eigenvalue weighted by molar-refractivity contribution is 5.93. The molecule has 1 aromatic heterocycles. The molecule has 0 N–H and O–H groups in total. The van der Waals surface area contributed by atoms with Crippen LogP contribution in [0.25, 0.3) is 0 Å². The average molecular weight is 313 g/mol. The Morgan fingerprint density at radius 1 is 1.09 bits per heavy atom. The Hall–Kier alpha value is -1.29. The first kappa shape index (κ1) is 14.1. The van der Waals surface area contributed by atoms with Gasteiger partial charge in [-0.2, -0.15) is 0 Å². The van der Waals surface area contributed by atoms with E-state index in [4.69, 9.17) is 0 Å². The Labute approximate surface area is 138 Å². The van der Waals surface area contributed by atoms with E-state index in [0.717, 1.165) is 24.8 Å². The molecule has 3 aliphatic heterocycles. The highest BCUT2D eigenvalue weighted by Crippen LogP contribution is 2.39. The Morgan fingerprint density at radius 3 is 2.87 bits per heavy atom. The first-order chi connectivity index (χ1) is 11.3. The van der Waals surface area contributed by atoms with Gasteiger partial charge in [0.1, 0.15) is 5.69 Å². The first-order valence-electron chi connectivity index (χ1n) is 9.50. The molecular formula is C19H27N3O. The van der Waals surface area contributed by atoms with E-state index in [0.29, 0.717) is 17.9 Å². The number of amides is 1. The molecule has 0 spiro atoms. The van der Waals surface area contributed by atoms with Crippen LogP contribution in [0.2, 0.25) is 0 Å². The van der Waals surface area contributed by atoms with Gasteiger partial charge in [0.2, 0.25) is 0 Å². The van der Waals surface area contributed by atoms with Crippen LogP contribution in [0, 0.1) is 11.8 Å². The molecular weight excluding hydrogens is 286 g/mol. The molecule has 23 heavy (non-hydrogen) atoms. The minimum atomic E-state index is 0.279. The fourth-order valence-corrected chi connectivity index (χ4v) is 5.34. The second-order valence-corrected chi connectivity index (χ2v) is 8.16. The second kappa shape index (κ2) is 5.37. The molecule has 4 heterocycles. The van der Waals surface area contributed by atoms with E-state index in [1.807, 2.05) is 12.1 Å². The van der Waals surface area contributed by atoms with Gasteiger partial charge >= 0.3 is 0 Å². The van der Waals surface area contributed by atoms with Crippen molar-refractivity contribution in [2.24, 2.45) is 11.8 Å². The van der Waals surface area contributed by atoms with Crippen molar-refractivity contribution in [1.29, 1.82) is 0 Å². The number of carbonyl (C=O) groups is 1. The number of nitrogens with zero attached hydrogens (tertiary/aromatic N) is 3. The fraction of sp³-hybridized carbons (Fsp3) is 0.737. The van der Waals surface area contributed by atoms with Crippen molar-refractivity contribution in [2.75, 3.05) is 26.2 Å². The van der Waals surface area contributed by atoms with Gasteiger partial charge in [0.15, 0.2) is 0 Å². The lowest BCUT2D eigenvalue weighted by atomic mass is 9.76. The fourth-order valence-electron chi connectivity index (χ4n) is 5.34. The Balaban J connectivity index is 1.36. The van der Waals surface area contributed by atoms with Gasteiger partial charge in [-0.05, 0) is 62.6 Å². The summed E-state index contributed by atoms with van der Waals surface area (Å²) >= 11 is 0. The van der Waals surface area contributed by atoms with Gasteiger partial charge in [-0.3, -0.25) is 9.69 Å². The summed E-state index contributed by atoms with van der Waals surface area (Å²) in [6.07, 6.45) is 9.99. The van der Waals surface area contributed by atoms with Gasteiger partial charge in [-0.15, -0.1) is 0 Å². The molecule has 2 bridgehead atoms. The number of likely N-dealkylation sites (tertiary alicyclic amines) is 1. The number of carbonyl (C=O) groups excluding carboxylic acids is 1. The van der Waals surface area contributed by atoms with Gasteiger partial charge in [-0.25, -0.2) is 0 Å². The molecule has 4 fully saturated rings. The lowest BCUT2D eigenvalue weighted by Gasteiger charge is -2.52. The molecule has 1 aromatic rings. The summed E-state index contributed by atoms with van der Waals surface area (Å²) < 4.78 is 2.22.